The third-order valence-corrected chi connectivity index (χ3v) is 4.77. The number of carbonyl (C=O) groups excluding carboxylic acids is 1. The Hall–Kier alpha value is -2.20. The molecule has 1 unspecified atom stereocenters. The van der Waals surface area contributed by atoms with E-state index < -0.39 is 5.41 Å². The minimum atomic E-state index is -0.587. The second kappa shape index (κ2) is 4.65. The Morgan fingerprint density at radius 2 is 2.14 bits per heavy atom. The zero-order valence-corrected chi connectivity index (χ0v) is 12.8. The van der Waals surface area contributed by atoms with Gasteiger partial charge in [-0.2, -0.15) is 0 Å². The van der Waals surface area contributed by atoms with Gasteiger partial charge in [-0.3, -0.25) is 4.79 Å². The molecular weight excluding hydrogens is 298 g/mol. The highest BCUT2D eigenvalue weighted by molar-refractivity contribution is 6.29. The van der Waals surface area contributed by atoms with Crippen LogP contribution in [0.4, 0.5) is 0 Å². The SMILES string of the molecule is CC1(c2cccn3ccnc23)CCc2nc(Cl)ccc2C1=O. The molecule has 3 aromatic rings. The molecule has 3 aromatic heterocycles. The Labute approximate surface area is 132 Å². The summed E-state index contributed by atoms with van der Waals surface area (Å²) in [6.45, 7) is 2.00. The van der Waals surface area contributed by atoms with E-state index in [0.717, 1.165) is 23.3 Å². The van der Waals surface area contributed by atoms with Crippen LogP contribution in [0.3, 0.4) is 0 Å². The van der Waals surface area contributed by atoms with E-state index in [9.17, 15) is 4.79 Å². The molecule has 0 fully saturated rings. The molecule has 110 valence electrons. The van der Waals surface area contributed by atoms with Crippen molar-refractivity contribution in [2.24, 2.45) is 0 Å². The van der Waals surface area contributed by atoms with Crippen LogP contribution in [0.15, 0.2) is 42.9 Å². The number of hydrogen-bond acceptors (Lipinski definition) is 3. The molecule has 22 heavy (non-hydrogen) atoms. The molecule has 0 saturated heterocycles. The second-order valence-corrected chi connectivity index (χ2v) is 6.26. The summed E-state index contributed by atoms with van der Waals surface area (Å²) < 4.78 is 1.95. The van der Waals surface area contributed by atoms with Crippen molar-refractivity contribution in [3.63, 3.8) is 0 Å². The number of carbonyl (C=O) groups is 1. The molecule has 5 heteroatoms. The molecular formula is C17H14ClN3O. The van der Waals surface area contributed by atoms with Gasteiger partial charge in [0.05, 0.1) is 11.1 Å². The van der Waals surface area contributed by atoms with Crippen LogP contribution in [0.1, 0.15) is 35.0 Å². The van der Waals surface area contributed by atoms with Gasteiger partial charge in [-0.15, -0.1) is 0 Å². The molecule has 0 spiro atoms. The number of halogens is 1. The van der Waals surface area contributed by atoms with E-state index in [1.54, 1.807) is 18.3 Å². The number of pyridine rings is 2. The van der Waals surface area contributed by atoms with Gasteiger partial charge in [0, 0.05) is 29.7 Å². The smallest absolute Gasteiger partial charge is 0.175 e. The fourth-order valence-electron chi connectivity index (χ4n) is 3.29. The van der Waals surface area contributed by atoms with E-state index in [1.165, 1.54) is 0 Å². The molecule has 3 heterocycles. The molecule has 1 atom stereocenters. The third-order valence-electron chi connectivity index (χ3n) is 4.56. The predicted octanol–water partition coefficient (Wildman–Crippen LogP) is 3.47. The fraction of sp³-hybridized carbons (Fsp3) is 0.235. The molecule has 4 nitrogen and oxygen atoms in total. The first-order valence-corrected chi connectivity index (χ1v) is 7.60. The summed E-state index contributed by atoms with van der Waals surface area (Å²) in [7, 11) is 0. The third kappa shape index (κ3) is 1.80. The summed E-state index contributed by atoms with van der Waals surface area (Å²) in [4.78, 5) is 21.8. The molecule has 0 N–H and O–H groups in total. The number of aryl methyl sites for hydroxylation is 1. The van der Waals surface area contributed by atoms with E-state index in [4.69, 9.17) is 11.6 Å². The van der Waals surface area contributed by atoms with Crippen LogP contribution < -0.4 is 0 Å². The molecule has 0 amide bonds. The number of aromatic nitrogens is 3. The van der Waals surface area contributed by atoms with Crippen LogP contribution >= 0.6 is 11.6 Å². The Bertz CT molecular complexity index is 902. The van der Waals surface area contributed by atoms with Gasteiger partial charge < -0.3 is 4.40 Å². The summed E-state index contributed by atoms with van der Waals surface area (Å²) in [6.07, 6.45) is 7.03. The Kier molecular flexibility index (Phi) is 2.84. The first kappa shape index (κ1) is 13.5. The van der Waals surface area contributed by atoms with Crippen LogP contribution in [0, 0.1) is 0 Å². The number of hydrogen-bond donors (Lipinski definition) is 0. The monoisotopic (exact) mass is 311 g/mol. The number of Topliss-reactive ketones (excluding diaryl/α,β-unsaturated/α-hetero) is 1. The fourth-order valence-corrected chi connectivity index (χ4v) is 3.45. The molecule has 0 aromatic carbocycles. The molecule has 1 aliphatic rings. The van der Waals surface area contributed by atoms with Crippen molar-refractivity contribution in [1.29, 1.82) is 0 Å². The van der Waals surface area contributed by atoms with Gasteiger partial charge in [0.2, 0.25) is 0 Å². The molecule has 1 aliphatic carbocycles. The minimum absolute atomic E-state index is 0.0917. The quantitative estimate of drug-likeness (QED) is 0.646. The highest BCUT2D eigenvalue weighted by atomic mass is 35.5. The van der Waals surface area contributed by atoms with Crippen molar-refractivity contribution in [2.45, 2.75) is 25.2 Å². The van der Waals surface area contributed by atoms with Crippen molar-refractivity contribution in [3.05, 3.63) is 64.8 Å². The first-order chi connectivity index (χ1) is 10.6. The van der Waals surface area contributed by atoms with Gasteiger partial charge in [0.15, 0.2) is 5.78 Å². The minimum Gasteiger partial charge on any atom is -0.307 e. The van der Waals surface area contributed by atoms with Crippen molar-refractivity contribution >= 4 is 23.0 Å². The Morgan fingerprint density at radius 3 is 3.00 bits per heavy atom. The number of ketones is 1. The van der Waals surface area contributed by atoms with Crippen LogP contribution in [-0.2, 0) is 11.8 Å². The van der Waals surface area contributed by atoms with Gasteiger partial charge in [-0.1, -0.05) is 17.7 Å². The molecule has 0 aliphatic heterocycles. The topological polar surface area (TPSA) is 47.3 Å². The second-order valence-electron chi connectivity index (χ2n) is 5.87. The van der Waals surface area contributed by atoms with Gasteiger partial charge in [-0.25, -0.2) is 9.97 Å². The zero-order chi connectivity index (χ0) is 15.3. The lowest BCUT2D eigenvalue weighted by Crippen LogP contribution is -2.38. The van der Waals surface area contributed by atoms with E-state index in [-0.39, 0.29) is 5.78 Å². The standard InChI is InChI=1S/C17H14ClN3O/c1-17(12-3-2-9-21-10-8-19-16(12)21)7-6-13-11(15(17)22)4-5-14(18)20-13/h2-5,8-10H,6-7H2,1H3. The van der Waals surface area contributed by atoms with Gasteiger partial charge >= 0.3 is 0 Å². The predicted molar refractivity (Wildman–Crippen MR) is 84.4 cm³/mol. The summed E-state index contributed by atoms with van der Waals surface area (Å²) in [5.74, 6) is 0.0917. The van der Waals surface area contributed by atoms with Crippen LogP contribution in [0.5, 0.6) is 0 Å². The molecule has 0 bridgehead atoms. The lowest BCUT2D eigenvalue weighted by molar-refractivity contribution is 0.0875. The number of imidazole rings is 1. The van der Waals surface area contributed by atoms with E-state index in [0.29, 0.717) is 17.1 Å². The summed E-state index contributed by atoms with van der Waals surface area (Å²) >= 11 is 5.94. The van der Waals surface area contributed by atoms with Gasteiger partial charge in [0.25, 0.3) is 0 Å². The lowest BCUT2D eigenvalue weighted by Gasteiger charge is -2.33. The molecule has 0 saturated carbocycles. The van der Waals surface area contributed by atoms with Crippen LogP contribution in [0.25, 0.3) is 5.65 Å². The molecule has 0 radical (unpaired) electrons. The van der Waals surface area contributed by atoms with E-state index in [1.807, 2.05) is 35.9 Å². The normalized spacial score (nSPS) is 21.1. The average Bonchev–Trinajstić information content (AvgIpc) is 2.99. The number of rotatable bonds is 1. The zero-order valence-electron chi connectivity index (χ0n) is 12.1. The summed E-state index contributed by atoms with van der Waals surface area (Å²) in [6, 6.07) is 7.42. The van der Waals surface area contributed by atoms with Crippen molar-refractivity contribution in [1.82, 2.24) is 14.4 Å². The van der Waals surface area contributed by atoms with Crippen LogP contribution in [0.2, 0.25) is 5.15 Å². The number of nitrogens with zero attached hydrogens (tertiary/aromatic N) is 3. The maximum atomic E-state index is 13.1. The summed E-state index contributed by atoms with van der Waals surface area (Å²) in [5.41, 5.74) is 2.68. The van der Waals surface area contributed by atoms with Crippen LogP contribution in [-0.4, -0.2) is 20.2 Å². The van der Waals surface area contributed by atoms with Crippen molar-refractivity contribution in [2.75, 3.05) is 0 Å². The first-order valence-electron chi connectivity index (χ1n) is 7.22. The maximum absolute atomic E-state index is 13.1. The molecule has 4 rings (SSSR count). The average molecular weight is 312 g/mol. The van der Waals surface area contributed by atoms with E-state index in [2.05, 4.69) is 9.97 Å². The largest absolute Gasteiger partial charge is 0.307 e. The van der Waals surface area contributed by atoms with E-state index >= 15 is 0 Å². The van der Waals surface area contributed by atoms with Crippen molar-refractivity contribution in [3.8, 4) is 0 Å². The van der Waals surface area contributed by atoms with Gasteiger partial charge in [0.1, 0.15) is 10.8 Å². The van der Waals surface area contributed by atoms with Crippen molar-refractivity contribution < 1.29 is 4.79 Å². The highest BCUT2D eigenvalue weighted by Crippen LogP contribution is 2.39. The lowest BCUT2D eigenvalue weighted by atomic mass is 9.69. The number of fused-ring (bicyclic) bond motifs is 2. The summed E-state index contributed by atoms with van der Waals surface area (Å²) in [5, 5.41) is 0.436. The highest BCUT2D eigenvalue weighted by Gasteiger charge is 2.41. The maximum Gasteiger partial charge on any atom is 0.175 e. The van der Waals surface area contributed by atoms with Gasteiger partial charge in [-0.05, 0) is 38.0 Å². The Balaban J connectivity index is 1.90. The Morgan fingerprint density at radius 1 is 1.27 bits per heavy atom.